The van der Waals surface area contributed by atoms with Gasteiger partial charge in [-0.05, 0) is 39.5 Å². The minimum absolute atomic E-state index is 0.509. The van der Waals surface area contributed by atoms with Gasteiger partial charge in [0.1, 0.15) is 4.88 Å². The van der Waals surface area contributed by atoms with Crippen molar-refractivity contribution < 1.29 is 4.52 Å². The van der Waals surface area contributed by atoms with Gasteiger partial charge in [-0.1, -0.05) is 17.3 Å². The lowest BCUT2D eigenvalue weighted by molar-refractivity contribution is 0.433. The molecule has 0 bridgehead atoms. The third kappa shape index (κ3) is 2.04. The quantitative estimate of drug-likeness (QED) is 0.729. The van der Waals surface area contributed by atoms with Crippen LogP contribution in [-0.4, -0.2) is 10.1 Å². The van der Waals surface area contributed by atoms with Crippen molar-refractivity contribution in [3.8, 4) is 22.2 Å². The van der Waals surface area contributed by atoms with Gasteiger partial charge in [0.25, 0.3) is 5.89 Å². The Bertz CT molecular complexity index is 692. The minimum atomic E-state index is 0.509. The summed E-state index contributed by atoms with van der Waals surface area (Å²) in [4.78, 5) is 5.30. The van der Waals surface area contributed by atoms with Crippen LogP contribution in [0.15, 0.2) is 44.7 Å². The molecule has 0 saturated heterocycles. The average Bonchev–Trinajstić information content (AvgIpc) is 2.97. The molecule has 0 atom stereocenters. The standard InChI is InChI=1S/C12H8BrN3OS/c13-9-4-5-18-10(9)12-15-11(16-17-12)7-2-1-3-8(14)6-7/h1-6H,14H2. The fourth-order valence-corrected chi connectivity index (χ4v) is 3.02. The summed E-state index contributed by atoms with van der Waals surface area (Å²) in [7, 11) is 0. The zero-order valence-electron chi connectivity index (χ0n) is 9.13. The van der Waals surface area contributed by atoms with E-state index in [1.54, 1.807) is 11.3 Å². The number of halogens is 1. The van der Waals surface area contributed by atoms with Crippen LogP contribution in [0.2, 0.25) is 0 Å². The van der Waals surface area contributed by atoms with E-state index >= 15 is 0 Å². The van der Waals surface area contributed by atoms with Crippen LogP contribution in [0, 0.1) is 0 Å². The first-order valence-electron chi connectivity index (χ1n) is 5.17. The summed E-state index contributed by atoms with van der Waals surface area (Å²) in [6.07, 6.45) is 0. The lowest BCUT2D eigenvalue weighted by atomic mass is 10.2. The van der Waals surface area contributed by atoms with Gasteiger partial charge in [-0.15, -0.1) is 11.3 Å². The van der Waals surface area contributed by atoms with Crippen molar-refractivity contribution in [3.05, 3.63) is 40.2 Å². The van der Waals surface area contributed by atoms with Crippen LogP contribution in [-0.2, 0) is 0 Å². The van der Waals surface area contributed by atoms with Crippen molar-refractivity contribution in [1.82, 2.24) is 10.1 Å². The summed E-state index contributed by atoms with van der Waals surface area (Å²) >= 11 is 4.99. The summed E-state index contributed by atoms with van der Waals surface area (Å²) in [5.74, 6) is 1.05. The second kappa shape index (κ2) is 4.55. The number of thiophene rings is 1. The summed E-state index contributed by atoms with van der Waals surface area (Å²) in [5, 5.41) is 5.93. The van der Waals surface area contributed by atoms with E-state index in [9.17, 15) is 0 Å². The van der Waals surface area contributed by atoms with Gasteiger partial charge >= 0.3 is 0 Å². The van der Waals surface area contributed by atoms with E-state index in [0.29, 0.717) is 17.4 Å². The zero-order chi connectivity index (χ0) is 12.5. The Morgan fingerprint density at radius 1 is 1.28 bits per heavy atom. The van der Waals surface area contributed by atoms with E-state index in [4.69, 9.17) is 10.3 Å². The number of anilines is 1. The number of hydrogen-bond acceptors (Lipinski definition) is 5. The largest absolute Gasteiger partial charge is 0.399 e. The Morgan fingerprint density at radius 3 is 2.89 bits per heavy atom. The lowest BCUT2D eigenvalue weighted by Crippen LogP contribution is -1.86. The molecular weight excluding hydrogens is 314 g/mol. The molecule has 3 aromatic rings. The molecule has 0 aliphatic heterocycles. The molecule has 0 fully saturated rings. The Morgan fingerprint density at radius 2 is 2.17 bits per heavy atom. The molecule has 0 spiro atoms. The van der Waals surface area contributed by atoms with Crippen molar-refractivity contribution in [2.45, 2.75) is 0 Å². The first-order valence-corrected chi connectivity index (χ1v) is 6.84. The number of nitrogens with two attached hydrogens (primary N) is 1. The molecule has 0 aliphatic carbocycles. The van der Waals surface area contributed by atoms with Gasteiger partial charge in [-0.25, -0.2) is 0 Å². The Kier molecular flexibility index (Phi) is 2.89. The highest BCUT2D eigenvalue weighted by Gasteiger charge is 2.14. The van der Waals surface area contributed by atoms with Crippen molar-refractivity contribution in [3.63, 3.8) is 0 Å². The molecule has 4 nitrogen and oxygen atoms in total. The van der Waals surface area contributed by atoms with Crippen molar-refractivity contribution in [1.29, 1.82) is 0 Å². The van der Waals surface area contributed by atoms with Gasteiger partial charge in [0.2, 0.25) is 5.82 Å². The van der Waals surface area contributed by atoms with Crippen LogP contribution in [0.1, 0.15) is 0 Å². The second-order valence-corrected chi connectivity index (χ2v) is 5.42. The third-order valence-corrected chi connectivity index (χ3v) is 4.21. The highest BCUT2D eigenvalue weighted by Crippen LogP contribution is 2.33. The third-order valence-electron chi connectivity index (χ3n) is 2.38. The maximum absolute atomic E-state index is 5.73. The number of rotatable bonds is 2. The fourth-order valence-electron chi connectivity index (χ4n) is 1.56. The van der Waals surface area contributed by atoms with Crippen LogP contribution in [0.3, 0.4) is 0 Å². The summed E-state index contributed by atoms with van der Waals surface area (Å²) in [5.41, 5.74) is 7.25. The molecule has 3 rings (SSSR count). The van der Waals surface area contributed by atoms with Crippen molar-refractivity contribution in [2.75, 3.05) is 5.73 Å². The van der Waals surface area contributed by atoms with Gasteiger partial charge in [0.15, 0.2) is 0 Å². The number of aromatic nitrogens is 2. The van der Waals surface area contributed by atoms with Crippen LogP contribution >= 0.6 is 27.3 Å². The fraction of sp³-hybridized carbons (Fsp3) is 0. The SMILES string of the molecule is Nc1cccc(-c2noc(-c3sccc3Br)n2)c1. The molecule has 0 saturated carbocycles. The van der Waals surface area contributed by atoms with Gasteiger partial charge in [-0.3, -0.25) is 0 Å². The average molecular weight is 322 g/mol. The predicted molar refractivity (Wildman–Crippen MR) is 75.2 cm³/mol. The van der Waals surface area contributed by atoms with Crippen LogP contribution < -0.4 is 5.73 Å². The molecule has 90 valence electrons. The molecule has 0 amide bonds. The highest BCUT2D eigenvalue weighted by atomic mass is 79.9. The van der Waals surface area contributed by atoms with E-state index in [2.05, 4.69) is 26.1 Å². The van der Waals surface area contributed by atoms with Gasteiger partial charge in [0, 0.05) is 15.7 Å². The van der Waals surface area contributed by atoms with E-state index < -0.39 is 0 Å². The molecule has 18 heavy (non-hydrogen) atoms. The first-order chi connectivity index (χ1) is 8.74. The molecule has 0 radical (unpaired) electrons. The maximum Gasteiger partial charge on any atom is 0.269 e. The van der Waals surface area contributed by atoms with Crippen molar-refractivity contribution >= 4 is 33.0 Å². The van der Waals surface area contributed by atoms with Gasteiger partial charge < -0.3 is 10.3 Å². The Labute approximate surface area is 116 Å². The molecule has 0 unspecified atom stereocenters. The van der Waals surface area contributed by atoms with Crippen molar-refractivity contribution in [2.24, 2.45) is 0 Å². The molecule has 2 N–H and O–H groups in total. The number of nitrogens with zero attached hydrogens (tertiary/aromatic N) is 2. The van der Waals surface area contributed by atoms with Gasteiger partial charge in [-0.2, -0.15) is 4.98 Å². The summed E-state index contributed by atoms with van der Waals surface area (Å²) in [6, 6.07) is 9.35. The van der Waals surface area contributed by atoms with E-state index in [-0.39, 0.29) is 0 Å². The molecule has 0 aliphatic rings. The number of benzene rings is 1. The molecule has 2 aromatic heterocycles. The predicted octanol–water partition coefficient (Wildman–Crippen LogP) is 3.81. The van der Waals surface area contributed by atoms with Crippen LogP contribution in [0.25, 0.3) is 22.2 Å². The highest BCUT2D eigenvalue weighted by molar-refractivity contribution is 9.10. The Balaban J connectivity index is 2.02. The summed E-state index contributed by atoms with van der Waals surface area (Å²) < 4.78 is 6.22. The molecule has 2 heterocycles. The maximum atomic E-state index is 5.73. The van der Waals surface area contributed by atoms with Gasteiger partial charge in [0.05, 0.1) is 0 Å². The normalized spacial score (nSPS) is 10.7. The molecule has 1 aromatic carbocycles. The molecule has 6 heteroatoms. The van der Waals surface area contributed by atoms with E-state index in [1.807, 2.05) is 35.7 Å². The van der Waals surface area contributed by atoms with E-state index in [0.717, 1.165) is 14.9 Å². The number of nitrogen functional groups attached to an aromatic ring is 1. The monoisotopic (exact) mass is 321 g/mol. The zero-order valence-corrected chi connectivity index (χ0v) is 11.5. The number of hydrogen-bond donors (Lipinski definition) is 1. The Hall–Kier alpha value is -1.66. The second-order valence-electron chi connectivity index (χ2n) is 3.65. The lowest BCUT2D eigenvalue weighted by Gasteiger charge is -1.95. The molecular formula is C12H8BrN3OS. The smallest absolute Gasteiger partial charge is 0.269 e. The van der Waals surface area contributed by atoms with E-state index in [1.165, 1.54) is 0 Å². The first kappa shape index (κ1) is 11.4. The minimum Gasteiger partial charge on any atom is -0.399 e. The van der Waals surface area contributed by atoms with Crippen LogP contribution in [0.5, 0.6) is 0 Å². The summed E-state index contributed by atoms with van der Waals surface area (Å²) in [6.45, 7) is 0. The van der Waals surface area contributed by atoms with Crippen LogP contribution in [0.4, 0.5) is 5.69 Å². The topological polar surface area (TPSA) is 64.9 Å².